The minimum absolute atomic E-state index is 0.132. The van der Waals surface area contributed by atoms with Gasteiger partial charge in [-0.3, -0.25) is 0 Å². The van der Waals surface area contributed by atoms with E-state index in [1.54, 1.807) is 24.3 Å². The maximum atomic E-state index is 8.83. The number of aliphatic hydroxyl groups excluding tert-OH is 1. The van der Waals surface area contributed by atoms with Gasteiger partial charge in [0.2, 0.25) is 5.88 Å². The van der Waals surface area contributed by atoms with Crippen LogP contribution in [0.3, 0.4) is 0 Å². The number of nitrogens with zero attached hydrogens (tertiary/aromatic N) is 2. The number of halogens is 1. The molecule has 0 radical (unpaired) electrons. The van der Waals surface area contributed by atoms with Gasteiger partial charge in [-0.15, -0.1) is 10.2 Å². The molecule has 0 fully saturated rings. The van der Waals surface area contributed by atoms with Gasteiger partial charge in [0.05, 0.1) is 12.3 Å². The summed E-state index contributed by atoms with van der Waals surface area (Å²) in [5.74, 6) is 1.06. The molecular formula is C12H11ClN2O2. The van der Waals surface area contributed by atoms with E-state index in [1.807, 2.05) is 13.0 Å². The highest BCUT2D eigenvalue weighted by Crippen LogP contribution is 2.25. The molecule has 0 atom stereocenters. The van der Waals surface area contributed by atoms with Crippen LogP contribution in [-0.2, 0) is 6.61 Å². The number of aromatic nitrogens is 2. The molecule has 0 aliphatic carbocycles. The van der Waals surface area contributed by atoms with Crippen molar-refractivity contribution >= 4 is 11.6 Å². The Morgan fingerprint density at radius 3 is 2.65 bits per heavy atom. The Balaban J connectivity index is 2.19. The van der Waals surface area contributed by atoms with E-state index >= 15 is 0 Å². The van der Waals surface area contributed by atoms with Crippen molar-refractivity contribution in [1.29, 1.82) is 0 Å². The Morgan fingerprint density at radius 2 is 2.06 bits per heavy atom. The number of hydrogen-bond donors (Lipinski definition) is 1. The Labute approximate surface area is 104 Å². The molecule has 1 aromatic carbocycles. The lowest BCUT2D eigenvalue weighted by molar-refractivity contribution is 0.274. The quantitative estimate of drug-likeness (QED) is 0.910. The second-order valence-electron chi connectivity index (χ2n) is 3.53. The molecule has 17 heavy (non-hydrogen) atoms. The topological polar surface area (TPSA) is 55.2 Å². The van der Waals surface area contributed by atoms with E-state index in [9.17, 15) is 0 Å². The summed E-state index contributed by atoms with van der Waals surface area (Å²) in [6.07, 6.45) is 0. The first-order chi connectivity index (χ1) is 8.19. The average molecular weight is 251 g/mol. The highest BCUT2D eigenvalue weighted by atomic mass is 35.5. The summed E-state index contributed by atoms with van der Waals surface area (Å²) in [6, 6.07) is 8.66. The first kappa shape index (κ1) is 11.8. The second-order valence-corrected chi connectivity index (χ2v) is 3.97. The molecule has 0 spiro atoms. The minimum atomic E-state index is -0.132. The molecule has 0 aliphatic heterocycles. The third-order valence-corrected chi connectivity index (χ3v) is 2.44. The molecule has 1 heterocycles. The summed E-state index contributed by atoms with van der Waals surface area (Å²) >= 11 is 5.85. The van der Waals surface area contributed by atoms with Gasteiger partial charge in [-0.05, 0) is 36.8 Å². The molecule has 0 aliphatic rings. The van der Waals surface area contributed by atoms with E-state index in [2.05, 4.69) is 10.2 Å². The lowest BCUT2D eigenvalue weighted by Gasteiger charge is -2.07. The van der Waals surface area contributed by atoms with Gasteiger partial charge in [-0.2, -0.15) is 0 Å². The third kappa shape index (κ3) is 2.93. The van der Waals surface area contributed by atoms with Crippen molar-refractivity contribution in [2.45, 2.75) is 13.5 Å². The van der Waals surface area contributed by atoms with Crippen molar-refractivity contribution in [2.24, 2.45) is 0 Å². The normalized spacial score (nSPS) is 10.3. The SMILES string of the molecule is Cc1cc(Cl)ccc1Oc1ccc(CO)nn1. The molecule has 1 aromatic heterocycles. The predicted octanol–water partition coefficient (Wildman–Crippen LogP) is 2.72. The molecule has 2 aromatic rings. The predicted molar refractivity (Wildman–Crippen MR) is 64.2 cm³/mol. The average Bonchev–Trinajstić information content (AvgIpc) is 2.34. The van der Waals surface area contributed by atoms with Crippen LogP contribution in [0.4, 0.5) is 0 Å². The number of rotatable bonds is 3. The van der Waals surface area contributed by atoms with Gasteiger partial charge in [0, 0.05) is 11.1 Å². The largest absolute Gasteiger partial charge is 0.437 e. The van der Waals surface area contributed by atoms with Crippen LogP contribution in [0.1, 0.15) is 11.3 Å². The summed E-state index contributed by atoms with van der Waals surface area (Å²) in [4.78, 5) is 0. The van der Waals surface area contributed by atoms with Crippen molar-refractivity contribution < 1.29 is 9.84 Å². The van der Waals surface area contributed by atoms with Crippen molar-refractivity contribution in [3.63, 3.8) is 0 Å². The lowest BCUT2D eigenvalue weighted by Crippen LogP contribution is -1.95. The standard InChI is InChI=1S/C12H11ClN2O2/c1-8-6-9(13)2-4-11(8)17-12-5-3-10(7-16)14-15-12/h2-6,16H,7H2,1H3. The third-order valence-electron chi connectivity index (χ3n) is 2.21. The molecule has 5 heteroatoms. The van der Waals surface area contributed by atoms with Crippen molar-refractivity contribution in [2.75, 3.05) is 0 Å². The maximum Gasteiger partial charge on any atom is 0.238 e. The summed E-state index contributed by atoms with van der Waals surface area (Å²) in [7, 11) is 0. The van der Waals surface area contributed by atoms with Crippen LogP contribution in [0, 0.1) is 6.92 Å². The monoisotopic (exact) mass is 250 g/mol. The van der Waals surface area contributed by atoms with Gasteiger partial charge in [0.15, 0.2) is 0 Å². The van der Waals surface area contributed by atoms with Crippen LogP contribution in [0.25, 0.3) is 0 Å². The molecule has 0 unspecified atom stereocenters. The van der Waals surface area contributed by atoms with Gasteiger partial charge in [0.25, 0.3) is 0 Å². The zero-order valence-corrected chi connectivity index (χ0v) is 9.98. The van der Waals surface area contributed by atoms with Crippen molar-refractivity contribution in [3.05, 3.63) is 46.6 Å². The van der Waals surface area contributed by atoms with Crippen LogP contribution in [-0.4, -0.2) is 15.3 Å². The highest BCUT2D eigenvalue weighted by Gasteiger charge is 2.03. The summed E-state index contributed by atoms with van der Waals surface area (Å²) in [5, 5.41) is 17.1. The molecular weight excluding hydrogens is 240 g/mol. The fourth-order valence-electron chi connectivity index (χ4n) is 1.33. The van der Waals surface area contributed by atoms with Gasteiger partial charge < -0.3 is 9.84 Å². The Morgan fingerprint density at radius 1 is 1.24 bits per heavy atom. The van der Waals surface area contributed by atoms with Gasteiger partial charge in [-0.1, -0.05) is 11.6 Å². The Bertz CT molecular complexity index is 514. The zero-order chi connectivity index (χ0) is 12.3. The van der Waals surface area contributed by atoms with E-state index in [4.69, 9.17) is 21.4 Å². The molecule has 0 amide bonds. The summed E-state index contributed by atoms with van der Waals surface area (Å²) < 4.78 is 5.55. The van der Waals surface area contributed by atoms with Crippen LogP contribution < -0.4 is 4.74 Å². The number of aliphatic hydroxyl groups is 1. The van der Waals surface area contributed by atoms with Gasteiger partial charge >= 0.3 is 0 Å². The van der Waals surface area contributed by atoms with E-state index in [0.717, 1.165) is 5.56 Å². The number of ether oxygens (including phenoxy) is 1. The molecule has 88 valence electrons. The van der Waals surface area contributed by atoms with Gasteiger partial charge in [0.1, 0.15) is 5.75 Å². The van der Waals surface area contributed by atoms with Crippen LogP contribution in [0.15, 0.2) is 30.3 Å². The number of hydrogen-bond acceptors (Lipinski definition) is 4. The molecule has 0 saturated heterocycles. The van der Waals surface area contributed by atoms with Crippen LogP contribution in [0.5, 0.6) is 11.6 Å². The van der Waals surface area contributed by atoms with E-state index in [0.29, 0.717) is 22.3 Å². The minimum Gasteiger partial charge on any atom is -0.437 e. The summed E-state index contributed by atoms with van der Waals surface area (Å²) in [5.41, 5.74) is 1.43. The fourth-order valence-corrected chi connectivity index (χ4v) is 1.55. The number of benzene rings is 1. The first-order valence-corrected chi connectivity index (χ1v) is 5.44. The molecule has 0 saturated carbocycles. The second kappa shape index (κ2) is 5.12. The summed E-state index contributed by atoms with van der Waals surface area (Å²) in [6.45, 7) is 1.77. The highest BCUT2D eigenvalue weighted by molar-refractivity contribution is 6.30. The molecule has 0 bridgehead atoms. The van der Waals surface area contributed by atoms with Crippen molar-refractivity contribution in [3.8, 4) is 11.6 Å². The Kier molecular flexibility index (Phi) is 3.56. The van der Waals surface area contributed by atoms with E-state index < -0.39 is 0 Å². The van der Waals surface area contributed by atoms with Crippen LogP contribution in [0.2, 0.25) is 5.02 Å². The Hall–Kier alpha value is -1.65. The van der Waals surface area contributed by atoms with E-state index in [1.165, 1.54) is 0 Å². The first-order valence-electron chi connectivity index (χ1n) is 5.06. The molecule has 4 nitrogen and oxygen atoms in total. The molecule has 1 N–H and O–H groups in total. The smallest absolute Gasteiger partial charge is 0.238 e. The lowest BCUT2D eigenvalue weighted by atomic mass is 10.2. The zero-order valence-electron chi connectivity index (χ0n) is 9.22. The van der Waals surface area contributed by atoms with Gasteiger partial charge in [-0.25, -0.2) is 0 Å². The maximum absolute atomic E-state index is 8.83. The molecule has 2 rings (SSSR count). The number of aryl methyl sites for hydroxylation is 1. The van der Waals surface area contributed by atoms with E-state index in [-0.39, 0.29) is 6.61 Å². The fraction of sp³-hybridized carbons (Fsp3) is 0.167. The van der Waals surface area contributed by atoms with Crippen molar-refractivity contribution in [1.82, 2.24) is 10.2 Å². The van der Waals surface area contributed by atoms with Crippen LogP contribution >= 0.6 is 11.6 Å².